The number of anilines is 3. The molecule has 1 aliphatic heterocycles. The number of imide groups is 1. The summed E-state index contributed by atoms with van der Waals surface area (Å²) in [5, 5.41) is 5.05. The molecule has 3 aromatic rings. The molecule has 5 nitrogen and oxygen atoms in total. The van der Waals surface area contributed by atoms with Crippen molar-refractivity contribution in [2.45, 2.75) is 0 Å². The largest absolute Gasteiger partial charge is 0.378 e. The van der Waals surface area contributed by atoms with Crippen molar-refractivity contribution in [2.24, 2.45) is 0 Å². The number of hydrogen-bond acceptors (Lipinski definition) is 5. The van der Waals surface area contributed by atoms with Crippen LogP contribution in [0.5, 0.6) is 0 Å². The van der Waals surface area contributed by atoms with Gasteiger partial charge in [0.2, 0.25) is 0 Å². The molecule has 2 aromatic carbocycles. The normalized spacial score (nSPS) is 14.0. The van der Waals surface area contributed by atoms with Crippen LogP contribution >= 0.6 is 11.3 Å². The number of nitrogens with one attached hydrogen (secondary N) is 1. The molecule has 6 heteroatoms. The van der Waals surface area contributed by atoms with E-state index in [1.54, 1.807) is 12.1 Å². The van der Waals surface area contributed by atoms with Gasteiger partial charge in [-0.25, -0.2) is 4.90 Å². The van der Waals surface area contributed by atoms with Crippen LogP contribution in [0.15, 0.2) is 77.8 Å². The minimum atomic E-state index is -0.352. The van der Waals surface area contributed by atoms with Crippen molar-refractivity contribution in [3.63, 3.8) is 0 Å². The molecule has 4 rings (SSSR count). The first-order chi connectivity index (χ1) is 13.6. The number of carbonyl (C=O) groups excluding carboxylic acids is 2. The molecule has 1 aromatic heterocycles. The van der Waals surface area contributed by atoms with Crippen LogP contribution in [0, 0.1) is 0 Å². The van der Waals surface area contributed by atoms with Crippen molar-refractivity contribution in [3.05, 3.63) is 82.7 Å². The van der Waals surface area contributed by atoms with Crippen molar-refractivity contribution in [2.75, 3.05) is 29.2 Å². The summed E-state index contributed by atoms with van der Waals surface area (Å²) in [6, 6.07) is 20.5. The second-order valence-corrected chi connectivity index (χ2v) is 7.52. The number of benzene rings is 2. The molecular formula is C22H19N3O2S. The van der Waals surface area contributed by atoms with E-state index in [0.29, 0.717) is 17.0 Å². The van der Waals surface area contributed by atoms with Gasteiger partial charge in [0.25, 0.3) is 11.8 Å². The molecule has 0 unspecified atom stereocenters. The molecule has 0 fully saturated rings. The fourth-order valence-electron chi connectivity index (χ4n) is 3.10. The summed E-state index contributed by atoms with van der Waals surface area (Å²) in [4.78, 5) is 30.4. The smallest absolute Gasteiger partial charge is 0.282 e. The second kappa shape index (κ2) is 7.32. The van der Waals surface area contributed by atoms with Crippen molar-refractivity contribution < 1.29 is 9.59 Å². The SMILES string of the molecule is CN(C)c1ccc(N2C(=O)C(Nc3ccccc3)=C(c3cccs3)C2=O)cc1. The van der Waals surface area contributed by atoms with Crippen molar-refractivity contribution in [3.8, 4) is 0 Å². The van der Waals surface area contributed by atoms with Gasteiger partial charge >= 0.3 is 0 Å². The predicted molar refractivity (Wildman–Crippen MR) is 115 cm³/mol. The first-order valence-corrected chi connectivity index (χ1v) is 9.70. The van der Waals surface area contributed by atoms with E-state index in [1.807, 2.05) is 79.0 Å². The highest BCUT2D eigenvalue weighted by Gasteiger charge is 2.40. The molecule has 0 bridgehead atoms. The Morgan fingerprint density at radius 3 is 2.18 bits per heavy atom. The zero-order valence-corrected chi connectivity index (χ0v) is 16.4. The van der Waals surface area contributed by atoms with Gasteiger partial charge in [-0.3, -0.25) is 9.59 Å². The summed E-state index contributed by atoms with van der Waals surface area (Å²) in [6.07, 6.45) is 0. The summed E-state index contributed by atoms with van der Waals surface area (Å²) in [5.74, 6) is -0.668. The van der Waals surface area contributed by atoms with Gasteiger partial charge < -0.3 is 10.2 Å². The minimum absolute atomic E-state index is 0.301. The monoisotopic (exact) mass is 389 g/mol. The van der Waals surface area contributed by atoms with E-state index in [-0.39, 0.29) is 11.8 Å². The summed E-state index contributed by atoms with van der Waals surface area (Å²) >= 11 is 1.44. The van der Waals surface area contributed by atoms with Gasteiger partial charge in [0.1, 0.15) is 5.70 Å². The molecule has 28 heavy (non-hydrogen) atoms. The molecule has 0 saturated carbocycles. The third kappa shape index (κ3) is 3.18. The molecule has 1 N–H and O–H groups in total. The van der Waals surface area contributed by atoms with Crippen LogP contribution in [0.2, 0.25) is 0 Å². The fraction of sp³-hybridized carbons (Fsp3) is 0.0909. The van der Waals surface area contributed by atoms with Gasteiger partial charge in [0, 0.05) is 30.3 Å². The van der Waals surface area contributed by atoms with Crippen molar-refractivity contribution in [1.82, 2.24) is 0 Å². The second-order valence-electron chi connectivity index (χ2n) is 6.57. The Balaban J connectivity index is 1.75. The van der Waals surface area contributed by atoms with E-state index in [9.17, 15) is 9.59 Å². The predicted octanol–water partition coefficient (Wildman–Crippen LogP) is 4.21. The number of para-hydroxylation sites is 1. The van der Waals surface area contributed by atoms with E-state index in [2.05, 4.69) is 5.32 Å². The maximum absolute atomic E-state index is 13.2. The van der Waals surface area contributed by atoms with E-state index in [1.165, 1.54) is 16.2 Å². The van der Waals surface area contributed by atoms with Gasteiger partial charge in [-0.05, 0) is 47.8 Å². The molecule has 0 radical (unpaired) electrons. The average molecular weight is 389 g/mol. The lowest BCUT2D eigenvalue weighted by molar-refractivity contribution is -0.120. The lowest BCUT2D eigenvalue weighted by Crippen LogP contribution is -2.32. The van der Waals surface area contributed by atoms with Gasteiger partial charge in [0.15, 0.2) is 0 Å². The van der Waals surface area contributed by atoms with Gasteiger partial charge in [-0.15, -0.1) is 11.3 Å². The Morgan fingerprint density at radius 1 is 0.857 bits per heavy atom. The number of rotatable bonds is 5. The highest BCUT2D eigenvalue weighted by Crippen LogP contribution is 2.35. The fourth-order valence-corrected chi connectivity index (χ4v) is 3.86. The zero-order chi connectivity index (χ0) is 19.7. The third-order valence-electron chi connectivity index (χ3n) is 4.52. The average Bonchev–Trinajstić information content (AvgIpc) is 3.30. The Kier molecular flexibility index (Phi) is 4.71. The van der Waals surface area contributed by atoms with Crippen molar-refractivity contribution in [1.29, 1.82) is 0 Å². The number of hydrogen-bond donors (Lipinski definition) is 1. The minimum Gasteiger partial charge on any atom is -0.378 e. The Bertz CT molecular complexity index is 1040. The molecular weight excluding hydrogens is 370 g/mol. The molecule has 140 valence electrons. The van der Waals surface area contributed by atoms with Crippen LogP contribution in [0.1, 0.15) is 4.88 Å². The summed E-state index contributed by atoms with van der Waals surface area (Å²) in [7, 11) is 3.89. The first-order valence-electron chi connectivity index (χ1n) is 8.82. The van der Waals surface area contributed by atoms with E-state index in [0.717, 1.165) is 16.3 Å². The van der Waals surface area contributed by atoms with Crippen LogP contribution < -0.4 is 15.1 Å². The van der Waals surface area contributed by atoms with Crippen molar-refractivity contribution >= 4 is 45.8 Å². The number of nitrogens with zero attached hydrogens (tertiary/aromatic N) is 2. The molecule has 2 heterocycles. The van der Waals surface area contributed by atoms with Crippen LogP contribution in [0.25, 0.3) is 5.57 Å². The standard InChI is InChI=1S/C22H19N3O2S/c1-24(2)16-10-12-17(13-11-16)25-21(26)19(18-9-6-14-28-18)20(22(25)27)23-15-7-4-3-5-8-15/h3-14,23H,1-2H3. The van der Waals surface area contributed by atoms with Gasteiger partial charge in [0.05, 0.1) is 11.3 Å². The van der Waals surface area contributed by atoms with Crippen LogP contribution in [0.3, 0.4) is 0 Å². The van der Waals surface area contributed by atoms with Crippen LogP contribution in [-0.2, 0) is 9.59 Å². The summed E-state index contributed by atoms with van der Waals surface area (Å²) in [5.41, 5.74) is 3.02. The Labute approximate surface area is 167 Å². The van der Waals surface area contributed by atoms with E-state index >= 15 is 0 Å². The zero-order valence-electron chi connectivity index (χ0n) is 15.5. The summed E-state index contributed by atoms with van der Waals surface area (Å²) in [6.45, 7) is 0. The van der Waals surface area contributed by atoms with E-state index < -0.39 is 0 Å². The lowest BCUT2D eigenvalue weighted by Gasteiger charge is -2.18. The number of thiophene rings is 1. The topological polar surface area (TPSA) is 52.6 Å². The lowest BCUT2D eigenvalue weighted by atomic mass is 10.2. The van der Waals surface area contributed by atoms with Gasteiger partial charge in [-0.2, -0.15) is 0 Å². The highest BCUT2D eigenvalue weighted by molar-refractivity contribution is 7.11. The number of amides is 2. The molecule has 0 saturated heterocycles. The van der Waals surface area contributed by atoms with Crippen LogP contribution in [-0.4, -0.2) is 25.9 Å². The Hall–Kier alpha value is -3.38. The summed E-state index contributed by atoms with van der Waals surface area (Å²) < 4.78 is 0. The molecule has 1 aliphatic rings. The van der Waals surface area contributed by atoms with Crippen LogP contribution in [0.4, 0.5) is 17.1 Å². The molecule has 2 amide bonds. The number of carbonyl (C=O) groups is 2. The van der Waals surface area contributed by atoms with Gasteiger partial charge in [-0.1, -0.05) is 24.3 Å². The molecule has 0 aliphatic carbocycles. The molecule has 0 atom stereocenters. The maximum Gasteiger partial charge on any atom is 0.282 e. The maximum atomic E-state index is 13.2. The highest BCUT2D eigenvalue weighted by atomic mass is 32.1. The molecule has 0 spiro atoms. The van der Waals surface area contributed by atoms with E-state index in [4.69, 9.17) is 0 Å². The third-order valence-corrected chi connectivity index (χ3v) is 5.41. The quantitative estimate of drug-likeness (QED) is 0.664. The Morgan fingerprint density at radius 2 is 1.57 bits per heavy atom. The first kappa shape index (κ1) is 18.0.